The Morgan fingerprint density at radius 2 is 2.04 bits per heavy atom. The van der Waals surface area contributed by atoms with Crippen LogP contribution in [-0.2, 0) is 0 Å². The number of nitrogens with zero attached hydrogens (tertiary/aromatic N) is 4. The van der Waals surface area contributed by atoms with E-state index in [-0.39, 0.29) is 0 Å². The molecule has 1 N–H and O–H groups in total. The summed E-state index contributed by atoms with van der Waals surface area (Å²) < 4.78 is 0. The Hall–Kier alpha value is -2.58. The van der Waals surface area contributed by atoms with Crippen molar-refractivity contribution in [1.29, 1.82) is 0 Å². The summed E-state index contributed by atoms with van der Waals surface area (Å²) in [6.45, 7) is 2.26. The lowest BCUT2D eigenvalue weighted by Gasteiger charge is -2.35. The predicted molar refractivity (Wildman–Crippen MR) is 98.6 cm³/mol. The molecule has 0 bridgehead atoms. The zero-order valence-corrected chi connectivity index (χ0v) is 14.2. The van der Waals surface area contributed by atoms with Crippen LogP contribution in [0.1, 0.15) is 18.4 Å². The Bertz CT molecular complexity index is 729. The minimum Gasteiger partial charge on any atom is -0.356 e. The number of hydrogen-bond donors (Lipinski definition) is 1. The van der Waals surface area contributed by atoms with E-state index in [9.17, 15) is 0 Å². The highest BCUT2D eigenvalue weighted by atomic mass is 15.2. The molecule has 124 valence electrons. The Morgan fingerprint density at radius 1 is 1.25 bits per heavy atom. The van der Waals surface area contributed by atoms with Crippen molar-refractivity contribution >= 4 is 17.3 Å². The van der Waals surface area contributed by atoms with E-state index in [1.165, 1.54) is 0 Å². The molecular weight excluding hydrogens is 298 g/mol. The van der Waals surface area contributed by atoms with Gasteiger partial charge < -0.3 is 15.1 Å². The van der Waals surface area contributed by atoms with Crippen LogP contribution in [-0.4, -0.2) is 48.1 Å². The van der Waals surface area contributed by atoms with Crippen LogP contribution in [0.2, 0.25) is 0 Å². The highest BCUT2D eigenvalue weighted by Crippen LogP contribution is 2.23. The first-order valence-corrected chi connectivity index (χ1v) is 8.23. The van der Waals surface area contributed by atoms with E-state index in [4.69, 9.17) is 6.42 Å². The van der Waals surface area contributed by atoms with Crippen molar-refractivity contribution in [3.05, 3.63) is 42.2 Å². The first kappa shape index (κ1) is 16.3. The molecule has 5 nitrogen and oxygen atoms in total. The number of hydrogen-bond acceptors (Lipinski definition) is 5. The minimum atomic E-state index is 0.522. The molecule has 1 aromatic heterocycles. The van der Waals surface area contributed by atoms with Crippen molar-refractivity contribution in [2.45, 2.75) is 18.9 Å². The van der Waals surface area contributed by atoms with Gasteiger partial charge in [-0.3, -0.25) is 0 Å². The molecule has 0 amide bonds. The molecule has 0 aliphatic carbocycles. The monoisotopic (exact) mass is 321 g/mol. The first-order chi connectivity index (χ1) is 11.7. The van der Waals surface area contributed by atoms with Crippen molar-refractivity contribution in [3.8, 4) is 12.3 Å². The van der Waals surface area contributed by atoms with Crippen molar-refractivity contribution < 1.29 is 0 Å². The third-order valence-electron chi connectivity index (χ3n) is 4.55. The molecular formula is C19H23N5. The lowest BCUT2D eigenvalue weighted by Crippen LogP contribution is -2.42. The number of likely N-dealkylation sites (tertiary alicyclic amines) is 1. The summed E-state index contributed by atoms with van der Waals surface area (Å²) in [6.07, 6.45) is 9.37. The van der Waals surface area contributed by atoms with Crippen molar-refractivity contribution in [2.24, 2.45) is 0 Å². The zero-order chi connectivity index (χ0) is 16.9. The third kappa shape index (κ3) is 3.84. The molecule has 1 saturated heterocycles. The van der Waals surface area contributed by atoms with Crippen molar-refractivity contribution in [2.75, 3.05) is 37.4 Å². The highest BCUT2D eigenvalue weighted by molar-refractivity contribution is 5.61. The maximum atomic E-state index is 5.45. The second kappa shape index (κ2) is 7.33. The van der Waals surface area contributed by atoms with Gasteiger partial charge in [-0.15, -0.1) is 6.42 Å². The van der Waals surface area contributed by atoms with E-state index < -0.39 is 0 Å². The van der Waals surface area contributed by atoms with Gasteiger partial charge in [0.2, 0.25) is 0 Å². The standard InChI is InChI=1S/C19H23N5/c1-4-15-6-5-7-16(12-15)22-18-13-19(21-14-20-18)24(3)17-8-10-23(2)11-9-17/h1,5-7,12-14,17H,8-11H2,2-3H3,(H,20,21,22). The van der Waals surface area contributed by atoms with E-state index in [1.54, 1.807) is 6.33 Å². The summed E-state index contributed by atoms with van der Waals surface area (Å²) in [5, 5.41) is 3.30. The van der Waals surface area contributed by atoms with Crippen LogP contribution >= 0.6 is 0 Å². The van der Waals surface area contributed by atoms with Gasteiger partial charge in [0, 0.05) is 30.4 Å². The second-order valence-corrected chi connectivity index (χ2v) is 6.26. The molecule has 5 heteroatoms. The molecule has 0 saturated carbocycles. The summed E-state index contributed by atoms with van der Waals surface area (Å²) in [4.78, 5) is 13.4. The molecule has 2 aromatic rings. The van der Waals surface area contributed by atoms with E-state index >= 15 is 0 Å². The van der Waals surface area contributed by atoms with E-state index in [2.05, 4.69) is 45.1 Å². The van der Waals surface area contributed by atoms with Gasteiger partial charge in [0.15, 0.2) is 0 Å². The van der Waals surface area contributed by atoms with Crippen LogP contribution in [0.5, 0.6) is 0 Å². The fourth-order valence-electron chi connectivity index (χ4n) is 3.01. The molecule has 3 rings (SSSR count). The topological polar surface area (TPSA) is 44.3 Å². The number of rotatable bonds is 4. The summed E-state index contributed by atoms with van der Waals surface area (Å²) in [6, 6.07) is 10.3. The number of piperidine rings is 1. The van der Waals surface area contributed by atoms with Gasteiger partial charge in [0.05, 0.1) is 0 Å². The maximum Gasteiger partial charge on any atom is 0.135 e. The molecule has 1 aromatic carbocycles. The van der Waals surface area contributed by atoms with Gasteiger partial charge in [0.1, 0.15) is 18.0 Å². The van der Waals surface area contributed by atoms with Crippen LogP contribution in [0.3, 0.4) is 0 Å². The molecule has 0 spiro atoms. The van der Waals surface area contributed by atoms with Gasteiger partial charge in [-0.1, -0.05) is 12.0 Å². The highest BCUT2D eigenvalue weighted by Gasteiger charge is 2.21. The lowest BCUT2D eigenvalue weighted by molar-refractivity contribution is 0.252. The van der Waals surface area contributed by atoms with Crippen molar-refractivity contribution in [1.82, 2.24) is 14.9 Å². The van der Waals surface area contributed by atoms with E-state index in [1.807, 2.05) is 30.3 Å². The SMILES string of the molecule is C#Cc1cccc(Nc2cc(N(C)C3CCN(C)CC3)ncn2)c1. The molecule has 1 aliphatic heterocycles. The molecule has 1 aliphatic rings. The Balaban J connectivity index is 1.72. The molecule has 24 heavy (non-hydrogen) atoms. The molecule has 2 heterocycles. The van der Waals surface area contributed by atoms with Crippen LogP contribution in [0.4, 0.5) is 17.3 Å². The van der Waals surface area contributed by atoms with Gasteiger partial charge in [-0.2, -0.15) is 0 Å². The second-order valence-electron chi connectivity index (χ2n) is 6.26. The van der Waals surface area contributed by atoms with Gasteiger partial charge in [-0.05, 0) is 51.2 Å². The average Bonchev–Trinajstić information content (AvgIpc) is 2.62. The lowest BCUT2D eigenvalue weighted by atomic mass is 10.0. The number of terminal acetylenes is 1. The Labute approximate surface area is 143 Å². The van der Waals surface area contributed by atoms with E-state index in [0.717, 1.165) is 48.8 Å². The minimum absolute atomic E-state index is 0.522. The largest absolute Gasteiger partial charge is 0.356 e. The quantitative estimate of drug-likeness (QED) is 0.877. The summed E-state index contributed by atoms with van der Waals surface area (Å²) >= 11 is 0. The first-order valence-electron chi connectivity index (χ1n) is 8.23. The van der Waals surface area contributed by atoms with Gasteiger partial charge in [0.25, 0.3) is 0 Å². The number of anilines is 3. The zero-order valence-electron chi connectivity index (χ0n) is 14.2. The number of aromatic nitrogens is 2. The van der Waals surface area contributed by atoms with Crippen LogP contribution in [0, 0.1) is 12.3 Å². The molecule has 0 radical (unpaired) electrons. The predicted octanol–water partition coefficient (Wildman–Crippen LogP) is 2.73. The van der Waals surface area contributed by atoms with Crippen LogP contribution in [0.25, 0.3) is 0 Å². The fraction of sp³-hybridized carbons (Fsp3) is 0.368. The number of benzene rings is 1. The fourth-order valence-corrected chi connectivity index (χ4v) is 3.01. The Kier molecular flexibility index (Phi) is 4.97. The smallest absolute Gasteiger partial charge is 0.135 e. The summed E-state index contributed by atoms with van der Waals surface area (Å²) in [7, 11) is 4.29. The van der Waals surface area contributed by atoms with Crippen LogP contribution in [0.15, 0.2) is 36.7 Å². The normalized spacial score (nSPS) is 15.7. The van der Waals surface area contributed by atoms with Crippen LogP contribution < -0.4 is 10.2 Å². The molecule has 0 atom stereocenters. The number of nitrogens with one attached hydrogen (secondary N) is 1. The maximum absolute atomic E-state index is 5.45. The van der Waals surface area contributed by atoms with Crippen molar-refractivity contribution in [3.63, 3.8) is 0 Å². The average molecular weight is 321 g/mol. The molecule has 1 fully saturated rings. The molecule has 0 unspecified atom stereocenters. The Morgan fingerprint density at radius 3 is 2.79 bits per heavy atom. The third-order valence-corrected chi connectivity index (χ3v) is 4.55. The summed E-state index contributed by atoms with van der Waals surface area (Å²) in [5.74, 6) is 4.36. The van der Waals surface area contributed by atoms with Gasteiger partial charge >= 0.3 is 0 Å². The van der Waals surface area contributed by atoms with E-state index in [0.29, 0.717) is 6.04 Å². The summed E-state index contributed by atoms with van der Waals surface area (Å²) in [5.41, 5.74) is 1.77. The van der Waals surface area contributed by atoms with Gasteiger partial charge in [-0.25, -0.2) is 9.97 Å².